The molecule has 9 nitrogen and oxygen atoms in total. The number of allylic oxidation sites excluding steroid dienone is 1. The van der Waals surface area contributed by atoms with Crippen molar-refractivity contribution in [1.82, 2.24) is 0 Å². The van der Waals surface area contributed by atoms with E-state index in [1.165, 1.54) is 21.6 Å². The number of aliphatic hydroxyl groups excluding tert-OH is 1. The van der Waals surface area contributed by atoms with Gasteiger partial charge in [0.15, 0.2) is 20.6 Å². The number of carbonyl (C=O) groups excluding carboxylic acids is 3. The molecule has 0 fully saturated rings. The van der Waals surface area contributed by atoms with Gasteiger partial charge in [0, 0.05) is 25.6 Å². The van der Waals surface area contributed by atoms with Crippen molar-refractivity contribution < 1.29 is 41.9 Å². The summed E-state index contributed by atoms with van der Waals surface area (Å²) in [5.74, 6) is -2.32. The van der Waals surface area contributed by atoms with Crippen LogP contribution in [0.5, 0.6) is 0 Å². The summed E-state index contributed by atoms with van der Waals surface area (Å²) in [6, 6.07) is 32.2. The van der Waals surface area contributed by atoms with Gasteiger partial charge < -0.3 is 19.1 Å². The molecule has 0 saturated carbocycles. The van der Waals surface area contributed by atoms with E-state index in [1.54, 1.807) is 13.8 Å². The number of hydrogen-bond acceptors (Lipinski definition) is 9. The minimum atomic E-state index is -4.49. The van der Waals surface area contributed by atoms with Crippen LogP contribution in [0.25, 0.3) is 0 Å². The van der Waals surface area contributed by atoms with Crippen LogP contribution in [-0.4, -0.2) is 63.3 Å². The van der Waals surface area contributed by atoms with Crippen molar-refractivity contribution in [1.29, 1.82) is 0 Å². The second kappa shape index (κ2) is 29.2. The highest BCUT2D eigenvalue weighted by Gasteiger charge is 2.27. The number of ether oxygens (including phenoxy) is 2. The highest BCUT2D eigenvalue weighted by atomic mass is 127. The molecule has 0 amide bonds. The average Bonchev–Trinajstić information content (AvgIpc) is 3.08. The standard InChI is InChI=1S/C18H15S.C6H9IO2.C5H8O5S.C4H5ClO.C2H5IO/c1-4-10-16(11-5-1)19(17-12-6-2-7-13-17)18-14-8-3-9-15-18;1-5(2)6(8)9-4-3-7;1-4(2)5(6)10-3-11(7,8)9;1-3(2)4(5)6;3-1-2-4/h1-15H;1,3-4H2,2H3;1,3H2,2H3,(H,7,8,9);1H2,2H3;4H,1-2H2/q+1;;;;/p-1. The molecule has 0 saturated heterocycles. The van der Waals surface area contributed by atoms with Crippen LogP contribution in [0, 0.1) is 0 Å². The predicted molar refractivity (Wildman–Crippen MR) is 213 cm³/mol. The molecule has 14 heteroatoms. The maximum Gasteiger partial charge on any atom is 0.334 e. The first-order chi connectivity index (χ1) is 23.0. The molecule has 49 heavy (non-hydrogen) atoms. The molecule has 1 N–H and O–H groups in total. The molecule has 0 aliphatic rings. The van der Waals surface area contributed by atoms with Crippen molar-refractivity contribution in [2.24, 2.45) is 0 Å². The number of halogens is 3. The van der Waals surface area contributed by atoms with Gasteiger partial charge in [-0.25, -0.2) is 18.0 Å². The predicted octanol–water partition coefficient (Wildman–Crippen LogP) is 7.67. The first-order valence-corrected chi connectivity index (χ1v) is 20.3. The quantitative estimate of drug-likeness (QED) is 0.0389. The van der Waals surface area contributed by atoms with E-state index in [0.717, 1.165) is 8.86 Å². The third kappa shape index (κ3) is 26.9. The van der Waals surface area contributed by atoms with Crippen molar-refractivity contribution in [3.63, 3.8) is 0 Å². The van der Waals surface area contributed by atoms with E-state index < -0.39 is 27.3 Å². The van der Waals surface area contributed by atoms with Gasteiger partial charge in [0.25, 0.3) is 0 Å². The van der Waals surface area contributed by atoms with Crippen LogP contribution in [0.3, 0.4) is 0 Å². The number of benzene rings is 3. The third-order valence-electron chi connectivity index (χ3n) is 4.70. The summed E-state index contributed by atoms with van der Waals surface area (Å²) in [6.45, 7) is 15.2. The Kier molecular flexibility index (Phi) is 29.0. The van der Waals surface area contributed by atoms with E-state index in [-0.39, 0.29) is 22.4 Å². The SMILES string of the molecule is C=C(C)C(=O)Cl.C=C(C)C(=O)OCCI.C=C(C)C(=O)OCS(=O)(=O)[O-].OCCI.c1ccc([S+](c2ccccc2)c2ccccc2)cc1. The fourth-order valence-corrected chi connectivity index (χ4v) is 5.16. The number of alkyl halides is 2. The van der Waals surface area contributed by atoms with E-state index in [0.29, 0.717) is 24.4 Å². The monoisotopic (exact) mass is 958 g/mol. The summed E-state index contributed by atoms with van der Waals surface area (Å²) in [6.07, 6.45) is 0. The summed E-state index contributed by atoms with van der Waals surface area (Å²) in [4.78, 5) is 34.9. The lowest BCUT2D eigenvalue weighted by atomic mass is 10.4. The lowest BCUT2D eigenvalue weighted by Gasteiger charge is -2.07. The summed E-state index contributed by atoms with van der Waals surface area (Å²) in [5.41, 5.74) is 0.894. The molecule has 0 heterocycles. The van der Waals surface area contributed by atoms with Gasteiger partial charge in [-0.1, -0.05) is 120 Å². The molecule has 0 aliphatic carbocycles. The Morgan fingerprint density at radius 2 is 1.02 bits per heavy atom. The van der Waals surface area contributed by atoms with Crippen LogP contribution in [0.15, 0.2) is 142 Å². The minimum Gasteiger partial charge on any atom is -0.745 e. The van der Waals surface area contributed by atoms with Crippen LogP contribution in [-0.2, 0) is 44.9 Å². The number of aliphatic hydroxyl groups is 1. The van der Waals surface area contributed by atoms with E-state index in [9.17, 15) is 27.4 Å². The largest absolute Gasteiger partial charge is 0.745 e. The van der Waals surface area contributed by atoms with Crippen LogP contribution < -0.4 is 0 Å². The summed E-state index contributed by atoms with van der Waals surface area (Å²) in [5, 5.41) is 7.40. The van der Waals surface area contributed by atoms with Crippen molar-refractivity contribution >= 4 is 95.0 Å². The fraction of sp³-hybridized carbons (Fsp3) is 0.229. The smallest absolute Gasteiger partial charge is 0.334 e. The molecule has 0 aromatic heterocycles. The molecule has 0 spiro atoms. The second-order valence-electron chi connectivity index (χ2n) is 9.20. The van der Waals surface area contributed by atoms with Crippen LogP contribution in [0.4, 0.5) is 0 Å². The molecule has 3 rings (SSSR count). The Hall–Kier alpha value is -2.54. The number of hydrogen-bond donors (Lipinski definition) is 1. The molecule has 0 atom stereocenters. The summed E-state index contributed by atoms with van der Waals surface area (Å²) in [7, 11) is -4.50. The molecule has 3 aromatic carbocycles. The molecule has 0 unspecified atom stereocenters. The highest BCUT2D eigenvalue weighted by Crippen LogP contribution is 2.30. The van der Waals surface area contributed by atoms with Gasteiger partial charge in [-0.05, 0) is 68.8 Å². The zero-order valence-electron chi connectivity index (χ0n) is 27.5. The Bertz CT molecular complexity index is 1430. The van der Waals surface area contributed by atoms with E-state index in [4.69, 9.17) is 21.4 Å². The normalized spacial score (nSPS) is 9.65. The van der Waals surface area contributed by atoms with E-state index in [1.807, 2.05) is 0 Å². The lowest BCUT2D eigenvalue weighted by Crippen LogP contribution is -2.13. The van der Waals surface area contributed by atoms with Gasteiger partial charge in [-0.3, -0.25) is 4.79 Å². The van der Waals surface area contributed by atoms with Crippen molar-refractivity contribution in [2.45, 2.75) is 35.5 Å². The van der Waals surface area contributed by atoms with Crippen LogP contribution >= 0.6 is 56.8 Å². The van der Waals surface area contributed by atoms with Crippen molar-refractivity contribution in [3.05, 3.63) is 127 Å². The maximum absolute atomic E-state index is 10.6. The van der Waals surface area contributed by atoms with Gasteiger partial charge in [-0.15, -0.1) is 0 Å². The van der Waals surface area contributed by atoms with E-state index in [2.05, 4.69) is 161 Å². The summed E-state index contributed by atoms with van der Waals surface area (Å²) < 4.78 is 40.1. The molecule has 268 valence electrons. The van der Waals surface area contributed by atoms with Gasteiger partial charge in [0.1, 0.15) is 16.7 Å². The highest BCUT2D eigenvalue weighted by molar-refractivity contribution is 14.1. The van der Waals surface area contributed by atoms with Crippen molar-refractivity contribution in [2.75, 3.05) is 28.0 Å². The average molecular weight is 959 g/mol. The van der Waals surface area contributed by atoms with Gasteiger partial charge in [-0.2, -0.15) is 0 Å². The van der Waals surface area contributed by atoms with Gasteiger partial charge in [0.2, 0.25) is 5.24 Å². The Morgan fingerprint density at radius 1 is 0.714 bits per heavy atom. The zero-order valence-corrected chi connectivity index (χ0v) is 34.2. The van der Waals surface area contributed by atoms with Gasteiger partial charge >= 0.3 is 11.9 Å². The summed E-state index contributed by atoms with van der Waals surface area (Å²) >= 11 is 9.11. The number of esters is 2. The number of rotatable bonds is 11. The van der Waals surface area contributed by atoms with Gasteiger partial charge in [0.05, 0.1) is 17.5 Å². The molecular formula is C35H41ClI2O9S2. The Morgan fingerprint density at radius 3 is 1.24 bits per heavy atom. The lowest BCUT2D eigenvalue weighted by molar-refractivity contribution is -0.138. The third-order valence-corrected chi connectivity index (χ3v) is 8.58. The second-order valence-corrected chi connectivity index (χ2v) is 15.1. The van der Waals surface area contributed by atoms with E-state index >= 15 is 0 Å². The van der Waals surface area contributed by atoms with Crippen LogP contribution in [0.2, 0.25) is 0 Å². The molecule has 0 bridgehead atoms. The first-order valence-electron chi connectivity index (χ1n) is 14.1. The molecular weight excluding hydrogens is 918 g/mol. The zero-order chi connectivity index (χ0) is 37.8. The molecule has 3 aromatic rings. The Balaban J connectivity index is 0. The number of carbonyl (C=O) groups is 3. The Labute approximate surface area is 325 Å². The fourth-order valence-electron chi connectivity index (χ4n) is 2.58. The van der Waals surface area contributed by atoms with Crippen LogP contribution in [0.1, 0.15) is 20.8 Å². The van der Waals surface area contributed by atoms with Crippen molar-refractivity contribution in [3.8, 4) is 0 Å². The molecule has 0 radical (unpaired) electrons. The minimum absolute atomic E-state index is 0.0146. The topological polar surface area (TPSA) is 147 Å². The maximum atomic E-state index is 10.6. The first kappa shape index (κ1) is 48.6. The molecule has 0 aliphatic heterocycles.